The summed E-state index contributed by atoms with van der Waals surface area (Å²) >= 11 is 0. The number of para-hydroxylation sites is 1. The minimum Gasteiger partial charge on any atom is -0.440 e. The molecular formula is C10H11N3O3. The molecule has 2 rings (SSSR count). The lowest BCUT2D eigenvalue weighted by atomic mass is 10.2. The normalized spacial score (nSPS) is 12.9. The minimum absolute atomic E-state index is 0.0447. The predicted octanol–water partition coefficient (Wildman–Crippen LogP) is 1.80. The van der Waals surface area contributed by atoms with Crippen LogP contribution < -0.4 is 5.73 Å². The van der Waals surface area contributed by atoms with Crippen LogP contribution in [0.5, 0.6) is 0 Å². The lowest BCUT2D eigenvalue weighted by Gasteiger charge is -1.99. The number of hydrogen-bond acceptors (Lipinski definition) is 5. The molecule has 1 aromatic carbocycles. The molecular weight excluding hydrogens is 210 g/mol. The third-order valence-corrected chi connectivity index (χ3v) is 2.39. The highest BCUT2D eigenvalue weighted by Crippen LogP contribution is 2.27. The summed E-state index contributed by atoms with van der Waals surface area (Å²) in [6.45, 7) is 2.25. The third kappa shape index (κ3) is 1.63. The monoisotopic (exact) mass is 221 g/mol. The molecule has 2 N–H and O–H groups in total. The maximum atomic E-state index is 10.8. The number of oxazole rings is 1. The Balaban J connectivity index is 2.61. The zero-order valence-electron chi connectivity index (χ0n) is 8.71. The number of benzene rings is 1. The summed E-state index contributed by atoms with van der Waals surface area (Å²) in [5.41, 5.74) is 6.15. The molecule has 6 nitrogen and oxygen atoms in total. The molecule has 0 fully saturated rings. The molecule has 0 aliphatic carbocycles. The van der Waals surface area contributed by atoms with Crippen molar-refractivity contribution in [2.75, 3.05) is 6.54 Å². The number of aromatic nitrogens is 1. The fourth-order valence-corrected chi connectivity index (χ4v) is 1.41. The SMILES string of the molecule is CC(CN)c1nc2c([N+](=O)[O-])cccc2o1. The van der Waals surface area contributed by atoms with Crippen molar-refractivity contribution in [2.24, 2.45) is 5.73 Å². The highest BCUT2D eigenvalue weighted by molar-refractivity contribution is 5.82. The van der Waals surface area contributed by atoms with E-state index in [1.54, 1.807) is 12.1 Å². The summed E-state index contributed by atoms with van der Waals surface area (Å²) in [6.07, 6.45) is 0. The molecule has 0 saturated heterocycles. The Kier molecular flexibility index (Phi) is 2.57. The standard InChI is InChI=1S/C10H11N3O3/c1-6(5-11)10-12-9-7(13(14)15)3-2-4-8(9)16-10/h2-4,6H,5,11H2,1H3. The summed E-state index contributed by atoms with van der Waals surface area (Å²) in [6, 6.07) is 4.63. The molecule has 0 spiro atoms. The quantitative estimate of drug-likeness (QED) is 0.629. The minimum atomic E-state index is -0.470. The lowest BCUT2D eigenvalue weighted by molar-refractivity contribution is -0.383. The van der Waals surface area contributed by atoms with Crippen molar-refractivity contribution in [2.45, 2.75) is 12.8 Å². The number of rotatable bonds is 3. The van der Waals surface area contributed by atoms with Gasteiger partial charge in [0.05, 0.1) is 4.92 Å². The first-order valence-electron chi connectivity index (χ1n) is 4.87. The summed E-state index contributed by atoms with van der Waals surface area (Å²) in [5.74, 6) is 0.388. The molecule has 1 heterocycles. The molecule has 1 atom stereocenters. The Hall–Kier alpha value is -1.95. The van der Waals surface area contributed by atoms with E-state index in [-0.39, 0.29) is 17.1 Å². The molecule has 0 saturated carbocycles. The van der Waals surface area contributed by atoms with E-state index in [4.69, 9.17) is 10.2 Å². The van der Waals surface area contributed by atoms with Crippen molar-refractivity contribution in [3.05, 3.63) is 34.2 Å². The Morgan fingerprint density at radius 2 is 2.38 bits per heavy atom. The topological polar surface area (TPSA) is 95.2 Å². The molecule has 6 heteroatoms. The lowest BCUT2D eigenvalue weighted by Crippen LogP contribution is -2.08. The van der Waals surface area contributed by atoms with Crippen LogP contribution in [0, 0.1) is 10.1 Å². The number of fused-ring (bicyclic) bond motifs is 1. The van der Waals surface area contributed by atoms with Crippen LogP contribution in [0.15, 0.2) is 22.6 Å². The van der Waals surface area contributed by atoms with E-state index in [0.29, 0.717) is 18.0 Å². The van der Waals surface area contributed by atoms with Gasteiger partial charge in [-0.3, -0.25) is 10.1 Å². The van der Waals surface area contributed by atoms with Gasteiger partial charge in [0, 0.05) is 18.5 Å². The number of nitrogens with two attached hydrogens (primary N) is 1. The number of non-ortho nitro benzene ring substituents is 1. The van der Waals surface area contributed by atoms with Crippen LogP contribution in [0.3, 0.4) is 0 Å². The summed E-state index contributed by atoms with van der Waals surface area (Å²) in [7, 11) is 0. The zero-order chi connectivity index (χ0) is 11.7. The Labute approximate surface area is 91.2 Å². The molecule has 0 radical (unpaired) electrons. The molecule has 2 aromatic rings. The fraction of sp³-hybridized carbons (Fsp3) is 0.300. The van der Waals surface area contributed by atoms with Crippen molar-refractivity contribution < 1.29 is 9.34 Å². The molecule has 16 heavy (non-hydrogen) atoms. The van der Waals surface area contributed by atoms with E-state index in [9.17, 15) is 10.1 Å². The summed E-state index contributed by atoms with van der Waals surface area (Å²) < 4.78 is 5.42. The second-order valence-corrected chi connectivity index (χ2v) is 3.57. The third-order valence-electron chi connectivity index (χ3n) is 2.39. The number of nitrogens with zero attached hydrogens (tertiary/aromatic N) is 2. The van der Waals surface area contributed by atoms with Gasteiger partial charge in [-0.05, 0) is 6.07 Å². The smallest absolute Gasteiger partial charge is 0.298 e. The van der Waals surface area contributed by atoms with Crippen molar-refractivity contribution in [1.82, 2.24) is 4.98 Å². The van der Waals surface area contributed by atoms with Gasteiger partial charge in [0.1, 0.15) is 0 Å². The van der Waals surface area contributed by atoms with E-state index >= 15 is 0 Å². The second-order valence-electron chi connectivity index (χ2n) is 3.57. The Morgan fingerprint density at radius 3 is 3.00 bits per heavy atom. The first-order chi connectivity index (χ1) is 7.63. The number of hydrogen-bond donors (Lipinski definition) is 1. The van der Waals surface area contributed by atoms with Crippen LogP contribution in [-0.2, 0) is 0 Å². The van der Waals surface area contributed by atoms with Gasteiger partial charge in [0.25, 0.3) is 5.69 Å². The first kappa shape index (κ1) is 10.6. The molecule has 0 bridgehead atoms. The first-order valence-corrected chi connectivity index (χ1v) is 4.87. The van der Waals surface area contributed by atoms with E-state index in [1.165, 1.54) is 6.07 Å². The maximum Gasteiger partial charge on any atom is 0.298 e. The van der Waals surface area contributed by atoms with E-state index in [2.05, 4.69) is 4.98 Å². The fourth-order valence-electron chi connectivity index (χ4n) is 1.41. The van der Waals surface area contributed by atoms with Crippen molar-refractivity contribution >= 4 is 16.8 Å². The van der Waals surface area contributed by atoms with Gasteiger partial charge >= 0.3 is 0 Å². The average Bonchev–Trinajstić information content (AvgIpc) is 2.70. The molecule has 0 aliphatic heterocycles. The maximum absolute atomic E-state index is 10.8. The van der Waals surface area contributed by atoms with Gasteiger partial charge in [0.15, 0.2) is 17.0 Å². The van der Waals surface area contributed by atoms with Gasteiger partial charge in [-0.15, -0.1) is 0 Å². The number of nitro benzene ring substituents is 1. The zero-order valence-corrected chi connectivity index (χ0v) is 8.71. The average molecular weight is 221 g/mol. The van der Waals surface area contributed by atoms with Gasteiger partial charge in [0.2, 0.25) is 0 Å². The van der Waals surface area contributed by atoms with E-state index in [0.717, 1.165) is 0 Å². The number of nitro groups is 1. The van der Waals surface area contributed by atoms with Crippen LogP contribution in [0.4, 0.5) is 5.69 Å². The molecule has 0 amide bonds. The van der Waals surface area contributed by atoms with Crippen LogP contribution in [0.25, 0.3) is 11.1 Å². The van der Waals surface area contributed by atoms with Crippen LogP contribution in [0.1, 0.15) is 18.7 Å². The summed E-state index contributed by atoms with van der Waals surface area (Å²) in [4.78, 5) is 14.4. The molecule has 1 aromatic heterocycles. The predicted molar refractivity (Wildman–Crippen MR) is 58.1 cm³/mol. The van der Waals surface area contributed by atoms with Gasteiger partial charge in [-0.1, -0.05) is 13.0 Å². The largest absolute Gasteiger partial charge is 0.440 e. The Bertz CT molecular complexity index is 535. The summed E-state index contributed by atoms with van der Waals surface area (Å²) in [5, 5.41) is 10.8. The van der Waals surface area contributed by atoms with E-state index < -0.39 is 4.92 Å². The van der Waals surface area contributed by atoms with Gasteiger partial charge < -0.3 is 10.2 Å². The van der Waals surface area contributed by atoms with Crippen LogP contribution in [-0.4, -0.2) is 16.5 Å². The van der Waals surface area contributed by atoms with Gasteiger partial charge in [-0.2, -0.15) is 0 Å². The van der Waals surface area contributed by atoms with Crippen molar-refractivity contribution in [1.29, 1.82) is 0 Å². The molecule has 1 unspecified atom stereocenters. The highest BCUT2D eigenvalue weighted by atomic mass is 16.6. The van der Waals surface area contributed by atoms with Crippen molar-refractivity contribution in [3.8, 4) is 0 Å². The Morgan fingerprint density at radius 1 is 1.62 bits per heavy atom. The second kappa shape index (κ2) is 3.90. The van der Waals surface area contributed by atoms with E-state index in [1.807, 2.05) is 6.92 Å². The van der Waals surface area contributed by atoms with Gasteiger partial charge in [-0.25, -0.2) is 4.98 Å². The molecule has 84 valence electrons. The van der Waals surface area contributed by atoms with Crippen molar-refractivity contribution in [3.63, 3.8) is 0 Å². The van der Waals surface area contributed by atoms with Crippen LogP contribution >= 0.6 is 0 Å². The highest BCUT2D eigenvalue weighted by Gasteiger charge is 2.19. The molecule has 0 aliphatic rings. The van der Waals surface area contributed by atoms with Crippen LogP contribution in [0.2, 0.25) is 0 Å².